The number of anilines is 1. The largest absolute Gasteiger partial charge is 0.507 e. The Balaban J connectivity index is 1.64. The highest BCUT2D eigenvalue weighted by Gasteiger charge is 2.64. The van der Waals surface area contributed by atoms with Gasteiger partial charge in [-0.1, -0.05) is 12.1 Å². The minimum atomic E-state index is -2.12. The van der Waals surface area contributed by atoms with Gasteiger partial charge in [-0.2, -0.15) is 0 Å². The Morgan fingerprint density at radius 3 is 2.22 bits per heavy atom. The van der Waals surface area contributed by atoms with Crippen molar-refractivity contribution in [3.63, 3.8) is 0 Å². The van der Waals surface area contributed by atoms with Gasteiger partial charge in [0.05, 0.1) is 23.1 Å². The number of ketones is 3. The Bertz CT molecular complexity index is 1500. The summed E-state index contributed by atoms with van der Waals surface area (Å²) in [5.74, 6) is -8.24. The van der Waals surface area contributed by atoms with Crippen LogP contribution < -0.4 is 10.6 Å². The van der Waals surface area contributed by atoms with Crippen molar-refractivity contribution in [3.05, 3.63) is 47.0 Å². The lowest BCUT2D eigenvalue weighted by molar-refractivity contribution is -0.176. The minimum Gasteiger partial charge on any atom is -0.507 e. The van der Waals surface area contributed by atoms with E-state index in [1.54, 1.807) is 44.1 Å². The lowest BCUT2D eigenvalue weighted by atomic mass is 9.52. The van der Waals surface area contributed by atoms with Crippen LogP contribution in [0.25, 0.3) is 11.1 Å². The van der Waals surface area contributed by atoms with E-state index in [-0.39, 0.29) is 29.7 Å². The van der Waals surface area contributed by atoms with Crippen LogP contribution in [0.3, 0.4) is 0 Å². The molecule has 0 spiro atoms. The van der Waals surface area contributed by atoms with Crippen molar-refractivity contribution in [2.75, 3.05) is 33.1 Å². The Kier molecular flexibility index (Phi) is 6.78. The Labute approximate surface area is 236 Å². The molecule has 0 heterocycles. The number of carbonyl (C=O) groups excluding carboxylic acids is 4. The van der Waals surface area contributed by atoms with E-state index in [0.29, 0.717) is 22.4 Å². The first-order valence-electron chi connectivity index (χ1n) is 13.4. The van der Waals surface area contributed by atoms with Gasteiger partial charge in [-0.15, -0.1) is 0 Å². The summed E-state index contributed by atoms with van der Waals surface area (Å²) in [5, 5.41) is 32.5. The van der Waals surface area contributed by atoms with E-state index in [0.717, 1.165) is 0 Å². The van der Waals surface area contributed by atoms with Crippen LogP contribution >= 0.6 is 0 Å². The number of amides is 1. The number of carboxylic acids is 1. The molecule has 41 heavy (non-hydrogen) atoms. The third-order valence-corrected chi connectivity index (χ3v) is 9.09. The zero-order valence-electron chi connectivity index (χ0n) is 23.2. The molecular weight excluding hydrogens is 530 g/mol. The second-order valence-corrected chi connectivity index (χ2v) is 11.8. The molecule has 6 atom stereocenters. The summed E-state index contributed by atoms with van der Waals surface area (Å²) < 4.78 is 0. The standard InChI is InChI=1S/C30H33N3O8/c1-32(2)20-11-16(13-5-7-14(8-6-13)29(39)40)24(34)22-17(20)9-15-10-19-23(33(3)4)25(35)18(28(31)38)12-30(19,41)27(37)21(15)26(22)36/h5-8,11,15,18-19,21,23,34,41H,9-10,12H2,1-4H3,(H2,31,38)(H,39,40)/t15-,18?,19-,21?,23-,30-/m1/s1. The molecular formula is C30H33N3O8. The molecule has 2 aromatic rings. The van der Waals surface area contributed by atoms with E-state index in [1.165, 1.54) is 24.3 Å². The van der Waals surface area contributed by atoms with Gasteiger partial charge in [-0.25, -0.2) is 4.79 Å². The normalized spacial score (nSPS) is 29.0. The number of likely N-dealkylation sites (N-methyl/N-ethyl adjacent to an activating group) is 1. The van der Waals surface area contributed by atoms with E-state index in [1.807, 2.05) is 0 Å². The van der Waals surface area contributed by atoms with E-state index >= 15 is 0 Å². The Morgan fingerprint density at radius 2 is 1.68 bits per heavy atom. The lowest BCUT2D eigenvalue weighted by Crippen LogP contribution is -2.69. The van der Waals surface area contributed by atoms with Crippen LogP contribution in [0.5, 0.6) is 5.75 Å². The average molecular weight is 564 g/mol. The number of phenolic OH excluding ortho intramolecular Hbond substituents is 1. The van der Waals surface area contributed by atoms with Gasteiger partial charge in [0.2, 0.25) is 5.91 Å². The summed E-state index contributed by atoms with van der Waals surface area (Å²) in [6.45, 7) is 0. The van der Waals surface area contributed by atoms with Gasteiger partial charge in [-0.05, 0) is 62.2 Å². The number of fused-ring (bicyclic) bond motifs is 3. The summed E-state index contributed by atoms with van der Waals surface area (Å²) in [7, 11) is 6.85. The van der Waals surface area contributed by atoms with Gasteiger partial charge in [0.1, 0.15) is 17.3 Å². The number of hydrogen-bond acceptors (Lipinski definition) is 9. The summed E-state index contributed by atoms with van der Waals surface area (Å²) in [5.41, 5.74) is 5.38. The maximum absolute atomic E-state index is 14.1. The number of hydrogen-bond donors (Lipinski definition) is 4. The number of aliphatic hydroxyl groups is 1. The fourth-order valence-corrected chi connectivity index (χ4v) is 7.17. The first kappa shape index (κ1) is 28.4. The van der Waals surface area contributed by atoms with Crippen molar-refractivity contribution in [2.24, 2.45) is 29.4 Å². The van der Waals surface area contributed by atoms with Crippen molar-refractivity contribution in [2.45, 2.75) is 30.9 Å². The molecule has 2 saturated carbocycles. The Morgan fingerprint density at radius 1 is 1.05 bits per heavy atom. The summed E-state index contributed by atoms with van der Waals surface area (Å²) in [4.78, 5) is 68.3. The molecule has 1 amide bonds. The molecule has 3 aliphatic carbocycles. The zero-order valence-corrected chi connectivity index (χ0v) is 23.2. The highest BCUT2D eigenvalue weighted by Crippen LogP contribution is 2.53. The molecule has 0 saturated heterocycles. The van der Waals surface area contributed by atoms with Crippen molar-refractivity contribution in [1.82, 2.24) is 4.90 Å². The van der Waals surface area contributed by atoms with E-state index in [2.05, 4.69) is 0 Å². The lowest BCUT2D eigenvalue weighted by Gasteiger charge is -2.53. The van der Waals surface area contributed by atoms with Crippen LogP contribution in [0.4, 0.5) is 5.69 Å². The molecule has 2 fully saturated rings. The molecule has 3 aliphatic rings. The van der Waals surface area contributed by atoms with Crippen LogP contribution in [0.15, 0.2) is 30.3 Å². The highest BCUT2D eigenvalue weighted by molar-refractivity contribution is 6.18. The molecule has 11 heteroatoms. The molecule has 0 aromatic heterocycles. The topological polar surface area (TPSA) is 179 Å². The molecule has 216 valence electrons. The number of carbonyl (C=O) groups is 5. The van der Waals surface area contributed by atoms with E-state index in [4.69, 9.17) is 5.73 Å². The first-order chi connectivity index (χ1) is 19.2. The van der Waals surface area contributed by atoms with Crippen LogP contribution in [-0.4, -0.2) is 89.3 Å². The van der Waals surface area contributed by atoms with E-state index in [9.17, 15) is 39.3 Å². The summed E-state index contributed by atoms with van der Waals surface area (Å²) >= 11 is 0. The second kappa shape index (κ2) is 9.78. The number of phenols is 1. The number of benzene rings is 2. The predicted octanol–water partition coefficient (Wildman–Crippen LogP) is 1.12. The number of rotatable bonds is 5. The molecule has 0 aliphatic heterocycles. The molecule has 0 bridgehead atoms. The number of nitrogens with two attached hydrogens (primary N) is 1. The number of primary amides is 1. The number of Topliss-reactive ketones (excluding diaryl/α,β-unsaturated/α-hetero) is 3. The van der Waals surface area contributed by atoms with Crippen molar-refractivity contribution in [3.8, 4) is 16.9 Å². The summed E-state index contributed by atoms with van der Waals surface area (Å²) in [6.07, 6.45) is -0.0512. The fourth-order valence-electron chi connectivity index (χ4n) is 7.17. The van der Waals surface area contributed by atoms with Gasteiger partial charge in [0.25, 0.3) is 0 Å². The molecule has 5 N–H and O–H groups in total. The fraction of sp³-hybridized carbons (Fsp3) is 0.433. The quantitative estimate of drug-likeness (QED) is 0.385. The molecule has 5 rings (SSSR count). The minimum absolute atomic E-state index is 0.0207. The van der Waals surface area contributed by atoms with Crippen molar-refractivity contribution < 1.29 is 39.3 Å². The van der Waals surface area contributed by atoms with Crippen LogP contribution in [0, 0.1) is 23.7 Å². The third kappa shape index (κ3) is 4.22. The SMILES string of the molecule is CN(C)c1cc(-c2ccc(C(=O)O)cc2)c(O)c2c1C[C@@H]1C[C@@H]3[C@@H](N(C)C)C(=O)C(C(N)=O)C[C@]3(O)C(=O)C1C2=O. The first-order valence-corrected chi connectivity index (χ1v) is 13.4. The molecule has 2 unspecified atom stereocenters. The van der Waals surface area contributed by atoms with E-state index < -0.39 is 71.0 Å². The Hall–Kier alpha value is -4.09. The van der Waals surface area contributed by atoms with Gasteiger partial charge in [-0.3, -0.25) is 24.1 Å². The monoisotopic (exact) mass is 563 g/mol. The number of nitrogens with zero attached hydrogens (tertiary/aromatic N) is 2. The maximum Gasteiger partial charge on any atom is 0.335 e. The van der Waals surface area contributed by atoms with Crippen LogP contribution in [0.2, 0.25) is 0 Å². The maximum atomic E-state index is 14.1. The van der Waals surface area contributed by atoms with Gasteiger partial charge in [0.15, 0.2) is 17.3 Å². The van der Waals surface area contributed by atoms with Crippen LogP contribution in [-0.2, 0) is 20.8 Å². The zero-order chi connectivity index (χ0) is 30.1. The summed E-state index contributed by atoms with van der Waals surface area (Å²) in [6, 6.07) is 6.64. The average Bonchev–Trinajstić information content (AvgIpc) is 2.89. The van der Waals surface area contributed by atoms with Gasteiger partial charge in [0, 0.05) is 37.7 Å². The van der Waals surface area contributed by atoms with Crippen molar-refractivity contribution >= 4 is 34.9 Å². The molecule has 11 nitrogen and oxygen atoms in total. The van der Waals surface area contributed by atoms with Crippen molar-refractivity contribution in [1.29, 1.82) is 0 Å². The van der Waals surface area contributed by atoms with Gasteiger partial charge >= 0.3 is 5.97 Å². The number of aromatic hydroxyl groups is 1. The molecule has 0 radical (unpaired) electrons. The highest BCUT2D eigenvalue weighted by atomic mass is 16.4. The van der Waals surface area contributed by atoms with Crippen LogP contribution in [0.1, 0.15) is 39.1 Å². The number of carboxylic acid groups (broad SMARTS) is 1. The molecule has 2 aromatic carbocycles. The third-order valence-electron chi connectivity index (χ3n) is 9.09. The smallest absolute Gasteiger partial charge is 0.335 e. The second-order valence-electron chi connectivity index (χ2n) is 11.8. The predicted molar refractivity (Wildman–Crippen MR) is 148 cm³/mol. The van der Waals surface area contributed by atoms with Gasteiger partial charge < -0.3 is 26.0 Å². The number of aromatic carboxylic acids is 1.